The van der Waals surface area contributed by atoms with E-state index in [0.717, 1.165) is 93.0 Å². The minimum Gasteiger partial charge on any atom is -0.370 e. The Hall–Kier alpha value is -3.48. The van der Waals surface area contributed by atoms with Gasteiger partial charge in [0.2, 0.25) is 5.95 Å². The molecule has 1 aromatic carbocycles. The van der Waals surface area contributed by atoms with Crippen LogP contribution in [0.25, 0.3) is 10.9 Å². The van der Waals surface area contributed by atoms with E-state index in [2.05, 4.69) is 62.7 Å². The molecule has 6 rings (SSSR count). The van der Waals surface area contributed by atoms with Gasteiger partial charge in [-0.1, -0.05) is 0 Å². The Balaban J connectivity index is 1.11. The van der Waals surface area contributed by atoms with Gasteiger partial charge in [0, 0.05) is 87.9 Å². The van der Waals surface area contributed by atoms with Crippen molar-refractivity contribution in [1.82, 2.24) is 19.9 Å². The summed E-state index contributed by atoms with van der Waals surface area (Å²) in [6, 6.07) is 12.4. The van der Waals surface area contributed by atoms with Crippen molar-refractivity contribution >= 4 is 28.4 Å². The van der Waals surface area contributed by atoms with Gasteiger partial charge in [0.15, 0.2) is 0 Å². The molecule has 3 aliphatic heterocycles. The molecule has 0 unspecified atom stereocenters. The first-order valence-electron chi connectivity index (χ1n) is 13.8. The van der Waals surface area contributed by atoms with Crippen molar-refractivity contribution in [2.45, 2.75) is 38.9 Å². The van der Waals surface area contributed by atoms with Crippen LogP contribution < -0.4 is 14.7 Å². The van der Waals surface area contributed by atoms with E-state index in [9.17, 15) is 5.26 Å². The molecular formula is C29H36N8O. The number of nitrogens with zero attached hydrogens (tertiary/aromatic N) is 8. The molecule has 2 atom stereocenters. The van der Waals surface area contributed by atoms with Gasteiger partial charge in [-0.3, -0.25) is 9.88 Å². The molecule has 0 aliphatic carbocycles. The topological polar surface area (TPSA) is 84.6 Å². The monoisotopic (exact) mass is 512 g/mol. The lowest BCUT2D eigenvalue weighted by Gasteiger charge is -2.42. The van der Waals surface area contributed by atoms with Crippen LogP contribution in [0.15, 0.2) is 36.5 Å². The minimum atomic E-state index is 0.121. The lowest BCUT2D eigenvalue weighted by molar-refractivity contribution is -0.0327. The number of anilines is 3. The zero-order valence-corrected chi connectivity index (χ0v) is 22.4. The molecule has 3 aliphatic rings. The number of hydrogen-bond donors (Lipinski definition) is 0. The molecule has 5 heterocycles. The summed E-state index contributed by atoms with van der Waals surface area (Å²) in [6.45, 7) is 12.8. The van der Waals surface area contributed by atoms with Crippen LogP contribution in [0, 0.1) is 18.3 Å². The summed E-state index contributed by atoms with van der Waals surface area (Å²) in [5.41, 5.74) is 3.55. The highest BCUT2D eigenvalue weighted by Gasteiger charge is 2.30. The van der Waals surface area contributed by atoms with Crippen LogP contribution >= 0.6 is 0 Å². The second-order valence-electron chi connectivity index (χ2n) is 10.8. The number of nitriles is 1. The molecule has 3 aromatic rings. The van der Waals surface area contributed by atoms with E-state index < -0.39 is 0 Å². The van der Waals surface area contributed by atoms with Gasteiger partial charge < -0.3 is 19.4 Å². The van der Waals surface area contributed by atoms with Crippen molar-refractivity contribution in [3.63, 3.8) is 0 Å². The molecule has 0 amide bonds. The average molecular weight is 513 g/mol. The Bertz CT molecular complexity index is 1330. The predicted octanol–water partition coefficient (Wildman–Crippen LogP) is 3.22. The van der Waals surface area contributed by atoms with Crippen LogP contribution in [0.4, 0.5) is 17.5 Å². The number of morpholine rings is 1. The van der Waals surface area contributed by atoms with Crippen molar-refractivity contribution in [1.29, 1.82) is 5.26 Å². The number of rotatable bonds is 5. The maximum atomic E-state index is 9.53. The van der Waals surface area contributed by atoms with E-state index in [1.54, 1.807) is 6.20 Å². The molecule has 0 N–H and O–H groups in total. The molecule has 0 bridgehead atoms. The van der Waals surface area contributed by atoms with Crippen LogP contribution in [0.3, 0.4) is 0 Å². The van der Waals surface area contributed by atoms with Crippen LogP contribution in [-0.2, 0) is 4.74 Å². The first-order valence-corrected chi connectivity index (χ1v) is 13.8. The fourth-order valence-corrected chi connectivity index (χ4v) is 6.07. The van der Waals surface area contributed by atoms with Gasteiger partial charge >= 0.3 is 0 Å². The van der Waals surface area contributed by atoms with Gasteiger partial charge in [0.25, 0.3) is 0 Å². The summed E-state index contributed by atoms with van der Waals surface area (Å²) in [6.07, 6.45) is 4.46. The van der Waals surface area contributed by atoms with E-state index >= 15 is 0 Å². The van der Waals surface area contributed by atoms with E-state index in [1.807, 2.05) is 12.1 Å². The van der Waals surface area contributed by atoms with Crippen molar-refractivity contribution in [3.05, 3.63) is 47.8 Å². The van der Waals surface area contributed by atoms with Gasteiger partial charge in [-0.2, -0.15) is 10.2 Å². The first-order chi connectivity index (χ1) is 18.6. The maximum absolute atomic E-state index is 9.53. The lowest BCUT2D eigenvalue weighted by Crippen LogP contribution is -2.54. The van der Waals surface area contributed by atoms with E-state index in [1.165, 1.54) is 12.8 Å². The third-order valence-corrected chi connectivity index (χ3v) is 7.91. The number of ether oxygens (including phenoxy) is 1. The highest BCUT2D eigenvalue weighted by atomic mass is 16.5. The molecule has 0 spiro atoms. The molecule has 198 valence electrons. The Kier molecular flexibility index (Phi) is 7.00. The summed E-state index contributed by atoms with van der Waals surface area (Å²) in [4.78, 5) is 23.8. The van der Waals surface area contributed by atoms with Gasteiger partial charge in [-0.15, -0.1) is 0 Å². The van der Waals surface area contributed by atoms with Gasteiger partial charge in [0.05, 0.1) is 23.3 Å². The second kappa shape index (κ2) is 10.7. The molecule has 38 heavy (non-hydrogen) atoms. The lowest BCUT2D eigenvalue weighted by atomic mass is 10.1. The Morgan fingerprint density at radius 2 is 1.79 bits per heavy atom. The van der Waals surface area contributed by atoms with Gasteiger partial charge in [0.1, 0.15) is 11.9 Å². The molecular weight excluding hydrogens is 476 g/mol. The third-order valence-electron chi connectivity index (χ3n) is 7.91. The fraction of sp³-hybridized carbons (Fsp3) is 0.517. The Morgan fingerprint density at radius 1 is 0.974 bits per heavy atom. The molecule has 9 heteroatoms. The number of fused-ring (bicyclic) bond motifs is 1. The van der Waals surface area contributed by atoms with Crippen molar-refractivity contribution in [3.8, 4) is 6.07 Å². The molecule has 2 aromatic heterocycles. The number of aromatic nitrogens is 3. The van der Waals surface area contributed by atoms with E-state index in [-0.39, 0.29) is 12.2 Å². The molecule has 0 radical (unpaired) electrons. The normalized spacial score (nSPS) is 22.7. The van der Waals surface area contributed by atoms with Crippen molar-refractivity contribution in [2.75, 3.05) is 73.6 Å². The predicted molar refractivity (Wildman–Crippen MR) is 150 cm³/mol. The van der Waals surface area contributed by atoms with E-state index in [0.29, 0.717) is 5.56 Å². The van der Waals surface area contributed by atoms with Crippen molar-refractivity contribution < 1.29 is 4.74 Å². The summed E-state index contributed by atoms with van der Waals surface area (Å²) < 4.78 is 6.41. The Labute approximate surface area is 224 Å². The van der Waals surface area contributed by atoms with Gasteiger partial charge in [-0.05, 0) is 51.0 Å². The van der Waals surface area contributed by atoms with Gasteiger partial charge in [-0.25, -0.2) is 4.98 Å². The maximum Gasteiger partial charge on any atom is 0.227 e. The molecule has 9 nitrogen and oxygen atoms in total. The number of benzene rings is 1. The molecule has 3 fully saturated rings. The molecule has 3 saturated heterocycles. The van der Waals surface area contributed by atoms with E-state index in [4.69, 9.17) is 14.7 Å². The summed E-state index contributed by atoms with van der Waals surface area (Å²) in [5.74, 6) is 1.93. The number of hydrogen-bond acceptors (Lipinski definition) is 9. The smallest absolute Gasteiger partial charge is 0.227 e. The highest BCUT2D eigenvalue weighted by molar-refractivity contribution is 5.95. The first kappa shape index (κ1) is 24.8. The average Bonchev–Trinajstić information content (AvgIpc) is 3.48. The molecule has 0 saturated carbocycles. The van der Waals surface area contributed by atoms with Crippen LogP contribution in [0.5, 0.6) is 0 Å². The zero-order valence-electron chi connectivity index (χ0n) is 22.4. The standard InChI is InChI=1S/C29H36N8O/c1-21-16-27(33-29(32-21)36-10-3-4-11-36)35-14-12-34(13-15-35)19-24-20-37(18-22(2)38-24)26-8-7-23(17-30)28-25(26)6-5-9-31-28/h5-9,16,22,24H,3-4,10-15,18-20H2,1-2H3/t22-,24+/m1/s1. The summed E-state index contributed by atoms with van der Waals surface area (Å²) in [7, 11) is 0. The second-order valence-corrected chi connectivity index (χ2v) is 10.8. The minimum absolute atomic E-state index is 0.121. The van der Waals surface area contributed by atoms with Crippen LogP contribution in [0.1, 0.15) is 31.0 Å². The summed E-state index contributed by atoms with van der Waals surface area (Å²) in [5, 5.41) is 10.6. The fourth-order valence-electron chi connectivity index (χ4n) is 6.07. The third kappa shape index (κ3) is 5.11. The number of piperazine rings is 1. The Morgan fingerprint density at radius 3 is 2.58 bits per heavy atom. The largest absolute Gasteiger partial charge is 0.370 e. The summed E-state index contributed by atoms with van der Waals surface area (Å²) >= 11 is 0. The van der Waals surface area contributed by atoms with Crippen LogP contribution in [0.2, 0.25) is 0 Å². The quantitative estimate of drug-likeness (QED) is 0.512. The SMILES string of the molecule is Cc1cc(N2CCN(C[C@H]3CN(c4ccc(C#N)c5ncccc45)C[C@@H](C)O3)CC2)nc(N2CCCC2)n1. The highest BCUT2D eigenvalue weighted by Crippen LogP contribution is 2.30. The zero-order chi connectivity index (χ0) is 26.1. The van der Waals surface area contributed by atoms with Crippen LogP contribution in [-0.4, -0.2) is 91.0 Å². The number of pyridine rings is 1. The van der Waals surface area contributed by atoms with Crippen molar-refractivity contribution in [2.24, 2.45) is 0 Å². The number of aryl methyl sites for hydroxylation is 1.